The van der Waals surface area contributed by atoms with Crippen LogP contribution in [0.5, 0.6) is 5.75 Å². The van der Waals surface area contributed by atoms with Gasteiger partial charge in [-0.15, -0.1) is 0 Å². The third kappa shape index (κ3) is 5.57. The molecule has 0 radical (unpaired) electrons. The molecule has 1 saturated heterocycles. The monoisotopic (exact) mass is 436 g/mol. The van der Waals surface area contributed by atoms with E-state index in [4.69, 9.17) is 4.74 Å². The fraction of sp³-hybridized carbons (Fsp3) is 0.455. The second kappa shape index (κ2) is 9.87. The van der Waals surface area contributed by atoms with E-state index in [9.17, 15) is 17.9 Å². The van der Waals surface area contributed by atoms with Crippen molar-refractivity contribution in [1.82, 2.24) is 9.21 Å². The number of ether oxygens (including phenoxy) is 1. The molecule has 0 bridgehead atoms. The van der Waals surface area contributed by atoms with Crippen LogP contribution in [0.15, 0.2) is 53.4 Å². The molecule has 164 valence electrons. The van der Waals surface area contributed by atoms with Crippen molar-refractivity contribution in [2.24, 2.45) is 0 Å². The molecule has 2 aromatic rings. The quantitative estimate of drug-likeness (QED) is 0.689. The van der Waals surface area contributed by atoms with E-state index in [0.29, 0.717) is 38.6 Å². The van der Waals surface area contributed by atoms with Crippen molar-refractivity contribution in [3.8, 4) is 5.75 Å². The molecule has 0 aromatic heterocycles. The Kier molecular flexibility index (Phi) is 7.46. The molecular formula is C22H29FN2O4S. The lowest BCUT2D eigenvalue weighted by atomic mass is 10.0. The topological polar surface area (TPSA) is 70.1 Å². The maximum Gasteiger partial charge on any atom is 0.243 e. The van der Waals surface area contributed by atoms with Gasteiger partial charge < -0.3 is 9.84 Å². The van der Waals surface area contributed by atoms with E-state index in [0.717, 1.165) is 23.4 Å². The lowest BCUT2D eigenvalue weighted by Gasteiger charge is -2.34. The van der Waals surface area contributed by atoms with Gasteiger partial charge >= 0.3 is 0 Å². The Morgan fingerprint density at radius 1 is 1.03 bits per heavy atom. The highest BCUT2D eigenvalue weighted by Crippen LogP contribution is 2.26. The first-order valence-electron chi connectivity index (χ1n) is 10.1. The van der Waals surface area contributed by atoms with Gasteiger partial charge in [-0.25, -0.2) is 12.8 Å². The maximum absolute atomic E-state index is 13.1. The number of para-hydroxylation sites is 1. The summed E-state index contributed by atoms with van der Waals surface area (Å²) in [5, 5.41) is 10.4. The molecule has 1 aliphatic rings. The second-order valence-corrected chi connectivity index (χ2v) is 9.75. The number of benzene rings is 2. The highest BCUT2D eigenvalue weighted by atomic mass is 32.2. The highest BCUT2D eigenvalue weighted by Gasteiger charge is 2.29. The van der Waals surface area contributed by atoms with Crippen LogP contribution in [0.4, 0.5) is 4.39 Å². The fourth-order valence-corrected chi connectivity index (χ4v) is 4.96. The van der Waals surface area contributed by atoms with Crippen LogP contribution in [0.1, 0.15) is 25.3 Å². The highest BCUT2D eigenvalue weighted by molar-refractivity contribution is 7.89. The standard InChI is InChI=1S/C22H29FN2O4S/c1-17(2)21-5-3-4-6-22(21)29-16-19(26)15-24-11-13-25(14-12-24)30(27,28)20-9-7-18(23)8-10-20/h3-10,17,19,26H,11-16H2,1-2H3. The van der Waals surface area contributed by atoms with Crippen LogP contribution in [0.2, 0.25) is 0 Å². The molecule has 1 fully saturated rings. The Labute approximate surface area is 177 Å². The average molecular weight is 437 g/mol. The van der Waals surface area contributed by atoms with Crippen LogP contribution in [0.25, 0.3) is 0 Å². The first-order valence-corrected chi connectivity index (χ1v) is 11.6. The molecule has 0 saturated carbocycles. The van der Waals surface area contributed by atoms with E-state index < -0.39 is 21.9 Å². The number of hydrogen-bond donors (Lipinski definition) is 1. The van der Waals surface area contributed by atoms with E-state index in [-0.39, 0.29) is 11.5 Å². The van der Waals surface area contributed by atoms with Crippen molar-refractivity contribution in [2.45, 2.75) is 30.8 Å². The van der Waals surface area contributed by atoms with Gasteiger partial charge in [0.05, 0.1) is 4.90 Å². The first-order chi connectivity index (χ1) is 14.3. The predicted molar refractivity (Wildman–Crippen MR) is 114 cm³/mol. The summed E-state index contributed by atoms with van der Waals surface area (Å²) in [6.07, 6.45) is -0.675. The Bertz CT molecular complexity index is 926. The van der Waals surface area contributed by atoms with Gasteiger partial charge in [0, 0.05) is 32.7 Å². The number of piperazine rings is 1. The van der Waals surface area contributed by atoms with Crippen LogP contribution in [0.3, 0.4) is 0 Å². The second-order valence-electron chi connectivity index (χ2n) is 7.82. The van der Waals surface area contributed by atoms with E-state index in [1.807, 2.05) is 29.2 Å². The molecule has 6 nitrogen and oxygen atoms in total. The Hall–Kier alpha value is -2.00. The summed E-state index contributed by atoms with van der Waals surface area (Å²) in [6.45, 7) is 6.45. The van der Waals surface area contributed by atoms with Crippen LogP contribution < -0.4 is 4.74 Å². The summed E-state index contributed by atoms with van der Waals surface area (Å²) in [5.41, 5.74) is 1.10. The molecule has 1 aliphatic heterocycles. The lowest BCUT2D eigenvalue weighted by Crippen LogP contribution is -2.50. The predicted octanol–water partition coefficient (Wildman–Crippen LogP) is 2.70. The molecule has 0 spiro atoms. The largest absolute Gasteiger partial charge is 0.491 e. The Balaban J connectivity index is 1.49. The summed E-state index contributed by atoms with van der Waals surface area (Å²) in [4.78, 5) is 2.12. The molecule has 0 amide bonds. The normalized spacial score (nSPS) is 17.2. The zero-order valence-corrected chi connectivity index (χ0v) is 18.2. The maximum atomic E-state index is 13.1. The van der Waals surface area contributed by atoms with Crippen molar-refractivity contribution in [3.63, 3.8) is 0 Å². The van der Waals surface area contributed by atoms with Gasteiger partial charge in [-0.1, -0.05) is 32.0 Å². The molecule has 0 aliphatic carbocycles. The van der Waals surface area contributed by atoms with Crippen molar-refractivity contribution < 1.29 is 22.7 Å². The number of aliphatic hydroxyl groups is 1. The van der Waals surface area contributed by atoms with Crippen molar-refractivity contribution in [1.29, 1.82) is 0 Å². The van der Waals surface area contributed by atoms with Crippen molar-refractivity contribution >= 4 is 10.0 Å². The number of halogens is 1. The number of sulfonamides is 1. The van der Waals surface area contributed by atoms with Gasteiger partial charge in [-0.05, 0) is 41.8 Å². The number of β-amino-alcohol motifs (C(OH)–C–C–N with tert-alkyl or cyclic N) is 1. The number of rotatable bonds is 8. The Morgan fingerprint density at radius 2 is 1.67 bits per heavy atom. The van der Waals surface area contributed by atoms with Crippen LogP contribution >= 0.6 is 0 Å². The molecular weight excluding hydrogens is 407 g/mol. The average Bonchev–Trinajstić information content (AvgIpc) is 2.73. The van der Waals surface area contributed by atoms with Crippen LogP contribution in [0, 0.1) is 5.82 Å². The molecule has 3 rings (SSSR count). The molecule has 8 heteroatoms. The van der Waals surface area contributed by atoms with E-state index in [1.54, 1.807) is 0 Å². The third-order valence-corrected chi connectivity index (χ3v) is 7.14. The van der Waals surface area contributed by atoms with E-state index in [2.05, 4.69) is 13.8 Å². The summed E-state index contributed by atoms with van der Waals surface area (Å²) in [6, 6.07) is 12.7. The van der Waals surface area contributed by atoms with Crippen LogP contribution in [-0.4, -0.2) is 68.2 Å². The van der Waals surface area contributed by atoms with Gasteiger partial charge in [-0.2, -0.15) is 4.31 Å². The number of aliphatic hydroxyl groups excluding tert-OH is 1. The summed E-state index contributed by atoms with van der Waals surface area (Å²) in [7, 11) is -3.64. The van der Waals surface area contributed by atoms with Gasteiger partial charge in [0.1, 0.15) is 24.3 Å². The minimum Gasteiger partial charge on any atom is -0.491 e. The Morgan fingerprint density at radius 3 is 2.30 bits per heavy atom. The molecule has 1 heterocycles. The van der Waals surface area contributed by atoms with Gasteiger partial charge in [0.2, 0.25) is 10.0 Å². The van der Waals surface area contributed by atoms with Crippen molar-refractivity contribution in [2.75, 3.05) is 39.3 Å². The van der Waals surface area contributed by atoms with E-state index >= 15 is 0 Å². The smallest absolute Gasteiger partial charge is 0.243 e. The summed E-state index contributed by atoms with van der Waals surface area (Å²) < 4.78 is 45.7. The van der Waals surface area contributed by atoms with Crippen LogP contribution in [-0.2, 0) is 10.0 Å². The minimum absolute atomic E-state index is 0.0922. The molecule has 1 unspecified atom stereocenters. The number of hydrogen-bond acceptors (Lipinski definition) is 5. The minimum atomic E-state index is -3.64. The molecule has 1 atom stereocenters. The molecule has 30 heavy (non-hydrogen) atoms. The number of nitrogens with zero attached hydrogens (tertiary/aromatic N) is 2. The van der Waals surface area contributed by atoms with E-state index in [1.165, 1.54) is 16.4 Å². The van der Waals surface area contributed by atoms with Gasteiger partial charge in [0.25, 0.3) is 0 Å². The first kappa shape index (κ1) is 22.7. The zero-order chi connectivity index (χ0) is 21.7. The van der Waals surface area contributed by atoms with Crippen molar-refractivity contribution in [3.05, 3.63) is 59.9 Å². The van der Waals surface area contributed by atoms with Gasteiger partial charge in [-0.3, -0.25) is 4.90 Å². The van der Waals surface area contributed by atoms with Gasteiger partial charge in [0.15, 0.2) is 0 Å². The zero-order valence-electron chi connectivity index (χ0n) is 17.4. The summed E-state index contributed by atoms with van der Waals surface area (Å²) in [5.74, 6) is 0.641. The third-order valence-electron chi connectivity index (χ3n) is 5.22. The molecule has 1 N–H and O–H groups in total. The lowest BCUT2D eigenvalue weighted by molar-refractivity contribution is 0.0565. The molecule has 2 aromatic carbocycles. The SMILES string of the molecule is CC(C)c1ccccc1OCC(O)CN1CCN(S(=O)(=O)c2ccc(F)cc2)CC1. The fourth-order valence-electron chi connectivity index (χ4n) is 3.53. The summed E-state index contributed by atoms with van der Waals surface area (Å²) >= 11 is 0.